The first-order valence-corrected chi connectivity index (χ1v) is 11.3. The molecular formula is C24H28N4O4. The number of amides is 2. The summed E-state index contributed by atoms with van der Waals surface area (Å²) in [5.74, 6) is 1.72. The van der Waals surface area contributed by atoms with Gasteiger partial charge in [0.1, 0.15) is 11.6 Å². The second kappa shape index (κ2) is 8.41. The SMILES string of the molecule is COc1ccccc1CC(=O)N1CC[C@H](c2nc3c(c(=O)[nH]2)CCN(C(=O)C2CC2)C3)C1. The van der Waals surface area contributed by atoms with E-state index in [0.29, 0.717) is 55.4 Å². The van der Waals surface area contributed by atoms with Crippen molar-refractivity contribution >= 4 is 11.8 Å². The number of nitrogens with one attached hydrogen (secondary N) is 1. The van der Waals surface area contributed by atoms with Crippen molar-refractivity contribution in [2.45, 2.75) is 44.6 Å². The van der Waals surface area contributed by atoms with E-state index in [4.69, 9.17) is 9.72 Å². The number of likely N-dealkylation sites (tertiary alicyclic amines) is 1. The Kier molecular flexibility index (Phi) is 5.45. The van der Waals surface area contributed by atoms with Gasteiger partial charge in [-0.25, -0.2) is 4.98 Å². The largest absolute Gasteiger partial charge is 0.496 e. The van der Waals surface area contributed by atoms with Gasteiger partial charge in [-0.15, -0.1) is 0 Å². The second-order valence-corrected chi connectivity index (χ2v) is 8.97. The number of hydrogen-bond acceptors (Lipinski definition) is 5. The number of aromatic nitrogens is 2. The predicted molar refractivity (Wildman–Crippen MR) is 117 cm³/mol. The van der Waals surface area contributed by atoms with Crippen molar-refractivity contribution in [1.29, 1.82) is 0 Å². The average molecular weight is 437 g/mol. The molecule has 5 rings (SSSR count). The first kappa shape index (κ1) is 20.7. The molecule has 3 aliphatic rings. The summed E-state index contributed by atoms with van der Waals surface area (Å²) in [7, 11) is 1.60. The highest BCUT2D eigenvalue weighted by atomic mass is 16.5. The number of benzene rings is 1. The van der Waals surface area contributed by atoms with E-state index in [1.54, 1.807) is 7.11 Å². The van der Waals surface area contributed by atoms with Gasteiger partial charge in [0.15, 0.2) is 0 Å². The number of carbonyl (C=O) groups is 2. The Bertz CT molecular complexity index is 1110. The summed E-state index contributed by atoms with van der Waals surface area (Å²) >= 11 is 0. The fourth-order valence-electron chi connectivity index (χ4n) is 4.76. The average Bonchev–Trinajstić information content (AvgIpc) is 3.54. The standard InChI is InChI=1S/C24H28N4O4/c1-32-20-5-3-2-4-16(20)12-21(29)27-10-8-17(13-27)22-25-19-14-28(24(31)15-6-7-15)11-9-18(19)23(30)26-22/h2-5,15,17H,6-14H2,1H3,(H,25,26,30)/t17-/m0/s1. The zero-order valence-electron chi connectivity index (χ0n) is 18.3. The molecule has 1 N–H and O–H groups in total. The highest BCUT2D eigenvalue weighted by molar-refractivity contribution is 5.81. The molecule has 1 saturated carbocycles. The number of carbonyl (C=O) groups excluding carboxylic acids is 2. The number of H-pyrrole nitrogens is 1. The number of methoxy groups -OCH3 is 1. The van der Waals surface area contributed by atoms with Crippen molar-refractivity contribution in [3.8, 4) is 5.75 Å². The molecule has 1 aromatic carbocycles. The molecule has 0 unspecified atom stereocenters. The lowest BCUT2D eigenvalue weighted by Gasteiger charge is -2.28. The molecule has 2 aliphatic heterocycles. The smallest absolute Gasteiger partial charge is 0.254 e. The molecule has 2 aromatic rings. The number of para-hydroxylation sites is 1. The van der Waals surface area contributed by atoms with Gasteiger partial charge < -0.3 is 19.5 Å². The van der Waals surface area contributed by atoms with Crippen molar-refractivity contribution in [2.24, 2.45) is 5.92 Å². The molecule has 1 atom stereocenters. The minimum atomic E-state index is -0.109. The first-order valence-electron chi connectivity index (χ1n) is 11.3. The Hall–Kier alpha value is -3.16. The number of nitrogens with zero attached hydrogens (tertiary/aromatic N) is 3. The van der Waals surface area contributed by atoms with Gasteiger partial charge in [-0.2, -0.15) is 0 Å². The molecule has 0 spiro atoms. The van der Waals surface area contributed by atoms with Crippen LogP contribution < -0.4 is 10.3 Å². The Balaban J connectivity index is 1.28. The third-order valence-corrected chi connectivity index (χ3v) is 6.79. The lowest BCUT2D eigenvalue weighted by Crippen LogP contribution is -2.40. The highest BCUT2D eigenvalue weighted by Gasteiger charge is 2.36. The highest BCUT2D eigenvalue weighted by Crippen LogP contribution is 2.33. The van der Waals surface area contributed by atoms with Gasteiger partial charge in [-0.3, -0.25) is 14.4 Å². The summed E-state index contributed by atoms with van der Waals surface area (Å²) < 4.78 is 5.36. The van der Waals surface area contributed by atoms with E-state index in [9.17, 15) is 14.4 Å². The van der Waals surface area contributed by atoms with Gasteiger partial charge in [0.2, 0.25) is 11.8 Å². The van der Waals surface area contributed by atoms with E-state index >= 15 is 0 Å². The van der Waals surface area contributed by atoms with Crippen LogP contribution in [-0.4, -0.2) is 58.3 Å². The Morgan fingerprint density at radius 2 is 1.97 bits per heavy atom. The van der Waals surface area contributed by atoms with Gasteiger partial charge in [-0.05, 0) is 31.7 Å². The zero-order valence-corrected chi connectivity index (χ0v) is 18.3. The van der Waals surface area contributed by atoms with Gasteiger partial charge in [-0.1, -0.05) is 18.2 Å². The summed E-state index contributed by atoms with van der Waals surface area (Å²) in [6, 6.07) is 7.54. The van der Waals surface area contributed by atoms with Crippen LogP contribution in [0.1, 0.15) is 47.8 Å². The molecule has 32 heavy (non-hydrogen) atoms. The van der Waals surface area contributed by atoms with E-state index in [2.05, 4.69) is 4.98 Å². The minimum absolute atomic E-state index is 0.0101. The molecule has 1 aromatic heterocycles. The third-order valence-electron chi connectivity index (χ3n) is 6.79. The van der Waals surface area contributed by atoms with Crippen LogP contribution in [0.4, 0.5) is 0 Å². The van der Waals surface area contributed by atoms with E-state index in [0.717, 1.165) is 24.8 Å². The van der Waals surface area contributed by atoms with Gasteiger partial charge in [0.05, 0.1) is 25.8 Å². The topological polar surface area (TPSA) is 95.6 Å². The van der Waals surface area contributed by atoms with Crippen LogP contribution in [0.2, 0.25) is 0 Å². The molecule has 1 saturated heterocycles. The van der Waals surface area contributed by atoms with Crippen LogP contribution in [-0.2, 0) is 29.0 Å². The monoisotopic (exact) mass is 436 g/mol. The number of fused-ring (bicyclic) bond motifs is 1. The molecular weight excluding hydrogens is 408 g/mol. The number of hydrogen-bond donors (Lipinski definition) is 1. The van der Waals surface area contributed by atoms with Crippen molar-refractivity contribution < 1.29 is 14.3 Å². The second-order valence-electron chi connectivity index (χ2n) is 8.97. The summed E-state index contributed by atoms with van der Waals surface area (Å²) in [6.07, 6.45) is 3.52. The summed E-state index contributed by atoms with van der Waals surface area (Å²) in [5, 5.41) is 0. The third kappa shape index (κ3) is 4.01. The van der Waals surface area contributed by atoms with Crippen molar-refractivity contribution in [1.82, 2.24) is 19.8 Å². The molecule has 168 valence electrons. The minimum Gasteiger partial charge on any atom is -0.496 e. The maximum atomic E-state index is 12.9. The van der Waals surface area contributed by atoms with E-state index < -0.39 is 0 Å². The Labute approximate surface area is 186 Å². The van der Waals surface area contributed by atoms with E-state index in [-0.39, 0.29) is 35.6 Å². The van der Waals surface area contributed by atoms with Crippen LogP contribution in [0.3, 0.4) is 0 Å². The number of ether oxygens (including phenoxy) is 1. The van der Waals surface area contributed by atoms with Crippen molar-refractivity contribution in [3.63, 3.8) is 0 Å². The molecule has 8 nitrogen and oxygen atoms in total. The normalized spacial score (nSPS) is 20.2. The molecule has 0 bridgehead atoms. The molecule has 1 aliphatic carbocycles. The molecule has 3 heterocycles. The van der Waals surface area contributed by atoms with Crippen LogP contribution in [0.5, 0.6) is 5.75 Å². The van der Waals surface area contributed by atoms with Crippen LogP contribution >= 0.6 is 0 Å². The van der Waals surface area contributed by atoms with Crippen LogP contribution in [0, 0.1) is 5.92 Å². The van der Waals surface area contributed by atoms with Crippen LogP contribution in [0.25, 0.3) is 0 Å². The fourth-order valence-corrected chi connectivity index (χ4v) is 4.76. The van der Waals surface area contributed by atoms with E-state index in [1.165, 1.54) is 0 Å². The van der Waals surface area contributed by atoms with Gasteiger partial charge in [0.25, 0.3) is 5.56 Å². The summed E-state index contributed by atoms with van der Waals surface area (Å²) in [5.41, 5.74) is 2.16. The zero-order chi connectivity index (χ0) is 22.2. The summed E-state index contributed by atoms with van der Waals surface area (Å²) in [6.45, 7) is 2.15. The first-order chi connectivity index (χ1) is 15.5. The Morgan fingerprint density at radius 1 is 1.16 bits per heavy atom. The maximum Gasteiger partial charge on any atom is 0.254 e. The quantitative estimate of drug-likeness (QED) is 0.769. The number of aromatic amines is 1. The van der Waals surface area contributed by atoms with Crippen molar-refractivity contribution in [2.75, 3.05) is 26.7 Å². The lowest BCUT2D eigenvalue weighted by molar-refractivity contribution is -0.133. The maximum absolute atomic E-state index is 12.9. The summed E-state index contributed by atoms with van der Waals surface area (Å²) in [4.78, 5) is 49.4. The van der Waals surface area contributed by atoms with Gasteiger partial charge >= 0.3 is 0 Å². The fraction of sp³-hybridized carbons (Fsp3) is 0.500. The Morgan fingerprint density at radius 3 is 2.75 bits per heavy atom. The molecule has 8 heteroatoms. The molecule has 2 amide bonds. The molecule has 2 fully saturated rings. The predicted octanol–water partition coefficient (Wildman–Crippen LogP) is 1.63. The van der Waals surface area contributed by atoms with E-state index in [1.807, 2.05) is 34.1 Å². The molecule has 0 radical (unpaired) electrons. The van der Waals surface area contributed by atoms with Crippen LogP contribution in [0.15, 0.2) is 29.1 Å². The lowest BCUT2D eigenvalue weighted by atomic mass is 10.0. The van der Waals surface area contributed by atoms with Gasteiger partial charge in [0, 0.05) is 42.6 Å². The van der Waals surface area contributed by atoms with Crippen molar-refractivity contribution in [3.05, 3.63) is 57.3 Å². The number of rotatable bonds is 5.